The maximum absolute atomic E-state index is 12.6. The summed E-state index contributed by atoms with van der Waals surface area (Å²) in [7, 11) is -3.33. The molecule has 1 heterocycles. The van der Waals surface area contributed by atoms with Crippen molar-refractivity contribution in [1.82, 2.24) is 4.31 Å². The first-order valence-corrected chi connectivity index (χ1v) is 9.25. The van der Waals surface area contributed by atoms with Crippen molar-refractivity contribution >= 4 is 16.0 Å². The van der Waals surface area contributed by atoms with Crippen molar-refractivity contribution < 1.29 is 18.3 Å². The van der Waals surface area contributed by atoms with Gasteiger partial charge in [0.2, 0.25) is 10.0 Å². The Morgan fingerprint density at radius 3 is 2.40 bits per heavy atom. The van der Waals surface area contributed by atoms with Gasteiger partial charge in [-0.2, -0.15) is 4.31 Å². The first-order chi connectivity index (χ1) is 9.42. The van der Waals surface area contributed by atoms with E-state index in [0.717, 1.165) is 25.7 Å². The molecule has 0 aromatic rings. The number of hydrogen-bond acceptors (Lipinski definition) is 3. The monoisotopic (exact) mass is 303 g/mol. The summed E-state index contributed by atoms with van der Waals surface area (Å²) >= 11 is 0. The predicted octanol–water partition coefficient (Wildman–Crippen LogP) is 2.08. The molecule has 0 aromatic heterocycles. The molecular formula is C14H25NO4S. The molecule has 0 unspecified atom stereocenters. The second-order valence-electron chi connectivity index (χ2n) is 6.22. The third kappa shape index (κ3) is 3.52. The highest BCUT2D eigenvalue weighted by atomic mass is 32.2. The van der Waals surface area contributed by atoms with E-state index >= 15 is 0 Å². The fraction of sp³-hybridized carbons (Fsp3) is 0.929. The highest BCUT2D eigenvalue weighted by Gasteiger charge is 2.39. The van der Waals surface area contributed by atoms with E-state index in [1.807, 2.05) is 0 Å². The van der Waals surface area contributed by atoms with Crippen LogP contribution < -0.4 is 0 Å². The minimum atomic E-state index is -3.33. The normalized spacial score (nSPS) is 30.2. The predicted molar refractivity (Wildman–Crippen MR) is 76.9 cm³/mol. The Balaban J connectivity index is 2.05. The molecule has 116 valence electrons. The van der Waals surface area contributed by atoms with Gasteiger partial charge in [-0.1, -0.05) is 19.3 Å². The van der Waals surface area contributed by atoms with Crippen molar-refractivity contribution in [3.05, 3.63) is 0 Å². The molecule has 2 atom stereocenters. The number of piperidine rings is 1. The molecule has 2 rings (SSSR count). The zero-order valence-electron chi connectivity index (χ0n) is 12.1. The van der Waals surface area contributed by atoms with Gasteiger partial charge in [0.1, 0.15) is 0 Å². The Hall–Kier alpha value is -0.620. The summed E-state index contributed by atoms with van der Waals surface area (Å²) in [4.78, 5) is 11.2. The summed E-state index contributed by atoms with van der Waals surface area (Å²) in [5.74, 6) is -0.991. The van der Waals surface area contributed by atoms with E-state index in [2.05, 4.69) is 0 Å². The van der Waals surface area contributed by atoms with Gasteiger partial charge in [0.25, 0.3) is 0 Å². The SMILES string of the molecule is C[C@@H]1[C@H](C(=O)O)CCCN1S(=O)(=O)CC1CCCCC1. The Morgan fingerprint density at radius 2 is 1.80 bits per heavy atom. The maximum Gasteiger partial charge on any atom is 0.308 e. The van der Waals surface area contributed by atoms with Crippen molar-refractivity contribution in [2.45, 2.75) is 57.9 Å². The molecule has 20 heavy (non-hydrogen) atoms. The van der Waals surface area contributed by atoms with Crippen LogP contribution in [0.25, 0.3) is 0 Å². The summed E-state index contributed by atoms with van der Waals surface area (Å²) < 4.78 is 26.6. The van der Waals surface area contributed by atoms with E-state index in [-0.39, 0.29) is 11.7 Å². The average molecular weight is 303 g/mol. The molecule has 5 nitrogen and oxygen atoms in total. The van der Waals surface area contributed by atoms with Crippen LogP contribution >= 0.6 is 0 Å². The Bertz CT molecular complexity index is 442. The summed E-state index contributed by atoms with van der Waals surface area (Å²) in [6.07, 6.45) is 6.64. The van der Waals surface area contributed by atoms with Gasteiger partial charge in [-0.05, 0) is 38.5 Å². The van der Waals surface area contributed by atoms with E-state index in [4.69, 9.17) is 0 Å². The minimum absolute atomic E-state index is 0.198. The molecule has 1 N–H and O–H groups in total. The summed E-state index contributed by atoms with van der Waals surface area (Å²) in [6.45, 7) is 2.20. The number of nitrogens with zero attached hydrogens (tertiary/aromatic N) is 1. The molecule has 1 saturated heterocycles. The number of carboxylic acid groups (broad SMARTS) is 1. The van der Waals surface area contributed by atoms with Crippen molar-refractivity contribution in [3.8, 4) is 0 Å². The van der Waals surface area contributed by atoms with Gasteiger partial charge in [0, 0.05) is 12.6 Å². The van der Waals surface area contributed by atoms with Crippen LogP contribution in [-0.2, 0) is 14.8 Å². The number of rotatable bonds is 4. The van der Waals surface area contributed by atoms with Crippen LogP contribution in [-0.4, -0.2) is 42.1 Å². The van der Waals surface area contributed by atoms with E-state index < -0.39 is 28.0 Å². The smallest absolute Gasteiger partial charge is 0.308 e. The number of aliphatic carboxylic acids is 1. The molecule has 1 saturated carbocycles. The lowest BCUT2D eigenvalue weighted by Crippen LogP contribution is -2.50. The topological polar surface area (TPSA) is 74.7 Å². The number of hydrogen-bond donors (Lipinski definition) is 1. The van der Waals surface area contributed by atoms with Gasteiger partial charge in [0.05, 0.1) is 11.7 Å². The quantitative estimate of drug-likeness (QED) is 0.863. The Kier molecular flexibility index (Phi) is 5.07. The minimum Gasteiger partial charge on any atom is -0.481 e. The molecular weight excluding hydrogens is 278 g/mol. The molecule has 0 amide bonds. The molecule has 2 fully saturated rings. The second-order valence-corrected chi connectivity index (χ2v) is 8.19. The van der Waals surface area contributed by atoms with Crippen molar-refractivity contribution in [3.63, 3.8) is 0 Å². The number of carboxylic acids is 1. The van der Waals surface area contributed by atoms with Gasteiger partial charge in [-0.3, -0.25) is 4.79 Å². The summed E-state index contributed by atoms with van der Waals surface area (Å²) in [5, 5.41) is 9.19. The Morgan fingerprint density at radius 1 is 1.15 bits per heavy atom. The lowest BCUT2D eigenvalue weighted by molar-refractivity contribution is -0.144. The maximum atomic E-state index is 12.6. The molecule has 0 spiro atoms. The molecule has 0 aromatic carbocycles. The largest absolute Gasteiger partial charge is 0.481 e. The van der Waals surface area contributed by atoms with Gasteiger partial charge >= 0.3 is 5.97 Å². The van der Waals surface area contributed by atoms with Crippen LogP contribution in [0.5, 0.6) is 0 Å². The standard InChI is InChI=1S/C14H25NO4S/c1-11-13(14(16)17)8-5-9-15(11)20(18,19)10-12-6-3-2-4-7-12/h11-13H,2-10H2,1H3,(H,16,17)/t11-,13-/m1/s1. The van der Waals surface area contributed by atoms with Crippen LogP contribution in [0.2, 0.25) is 0 Å². The summed E-state index contributed by atoms with van der Waals surface area (Å²) in [6, 6.07) is -0.421. The van der Waals surface area contributed by atoms with Crippen LogP contribution in [0.1, 0.15) is 51.9 Å². The van der Waals surface area contributed by atoms with Gasteiger partial charge in [-0.25, -0.2) is 8.42 Å². The Labute approximate surface area is 121 Å². The number of sulfonamides is 1. The molecule has 2 aliphatic rings. The van der Waals surface area contributed by atoms with E-state index in [1.54, 1.807) is 6.92 Å². The van der Waals surface area contributed by atoms with Crippen LogP contribution in [0.15, 0.2) is 0 Å². The third-order valence-electron chi connectivity index (χ3n) is 4.78. The number of carbonyl (C=O) groups is 1. The van der Waals surface area contributed by atoms with Crippen molar-refractivity contribution in [2.24, 2.45) is 11.8 Å². The van der Waals surface area contributed by atoms with Crippen LogP contribution in [0.3, 0.4) is 0 Å². The second kappa shape index (κ2) is 6.43. The fourth-order valence-electron chi connectivity index (χ4n) is 3.58. The van der Waals surface area contributed by atoms with E-state index in [9.17, 15) is 18.3 Å². The zero-order chi connectivity index (χ0) is 14.8. The van der Waals surface area contributed by atoms with E-state index in [1.165, 1.54) is 10.7 Å². The van der Waals surface area contributed by atoms with Crippen molar-refractivity contribution in [2.75, 3.05) is 12.3 Å². The molecule has 1 aliphatic carbocycles. The average Bonchev–Trinajstić information content (AvgIpc) is 2.39. The highest BCUT2D eigenvalue weighted by molar-refractivity contribution is 7.89. The zero-order valence-corrected chi connectivity index (χ0v) is 12.9. The van der Waals surface area contributed by atoms with Gasteiger partial charge in [0.15, 0.2) is 0 Å². The van der Waals surface area contributed by atoms with Crippen LogP contribution in [0, 0.1) is 11.8 Å². The fourth-order valence-corrected chi connectivity index (χ4v) is 5.76. The molecule has 0 bridgehead atoms. The third-order valence-corrected chi connectivity index (χ3v) is 6.90. The lowest BCUT2D eigenvalue weighted by Gasteiger charge is -2.37. The van der Waals surface area contributed by atoms with Gasteiger partial charge < -0.3 is 5.11 Å². The highest BCUT2D eigenvalue weighted by Crippen LogP contribution is 2.30. The molecule has 0 radical (unpaired) electrons. The van der Waals surface area contributed by atoms with Crippen LogP contribution in [0.4, 0.5) is 0 Å². The van der Waals surface area contributed by atoms with Crippen molar-refractivity contribution in [1.29, 1.82) is 0 Å². The summed E-state index contributed by atoms with van der Waals surface area (Å²) in [5.41, 5.74) is 0. The molecule has 6 heteroatoms. The lowest BCUT2D eigenvalue weighted by atomic mass is 9.91. The molecule has 1 aliphatic heterocycles. The first kappa shape index (κ1) is 15.8. The first-order valence-electron chi connectivity index (χ1n) is 7.64. The van der Waals surface area contributed by atoms with Gasteiger partial charge in [-0.15, -0.1) is 0 Å². The van der Waals surface area contributed by atoms with E-state index in [0.29, 0.717) is 19.4 Å².